The molecule has 5 nitrogen and oxygen atoms in total. The standard InChI is InChI=1S/C26H27ClN2O3/c1-15(28-23-7-3-2-6-19(23)26(30)31)20-11-18(27)12-24-22(20)13-21(17-5-4-10-32-14-17)25(29-24)16-8-9-16/h2-3,6-7,11-13,15-17,28H,4-5,8-10,14H2,1H3,(H,30,31)/t15-,17-/m1/s1. The minimum absolute atomic E-state index is 0.152. The number of ether oxygens (including phenoxy) is 1. The predicted octanol–water partition coefficient (Wildman–Crippen LogP) is 6.53. The van der Waals surface area contributed by atoms with Crippen molar-refractivity contribution in [2.75, 3.05) is 18.5 Å². The number of aromatic carboxylic acids is 1. The topological polar surface area (TPSA) is 71.5 Å². The Morgan fingerprint density at radius 3 is 2.72 bits per heavy atom. The number of rotatable bonds is 6. The number of nitrogens with zero attached hydrogens (tertiary/aromatic N) is 1. The first-order valence-corrected chi connectivity index (χ1v) is 11.7. The van der Waals surface area contributed by atoms with Crippen LogP contribution in [0.2, 0.25) is 5.02 Å². The smallest absolute Gasteiger partial charge is 0.337 e. The van der Waals surface area contributed by atoms with Gasteiger partial charge in [-0.1, -0.05) is 23.7 Å². The summed E-state index contributed by atoms with van der Waals surface area (Å²) in [6.45, 7) is 3.61. The summed E-state index contributed by atoms with van der Waals surface area (Å²) in [5.74, 6) is -0.0425. The zero-order valence-corrected chi connectivity index (χ0v) is 18.9. The van der Waals surface area contributed by atoms with Crippen molar-refractivity contribution < 1.29 is 14.6 Å². The maximum Gasteiger partial charge on any atom is 0.337 e. The van der Waals surface area contributed by atoms with E-state index in [0.717, 1.165) is 42.5 Å². The van der Waals surface area contributed by atoms with Crippen molar-refractivity contribution in [3.8, 4) is 0 Å². The number of nitrogens with one attached hydrogen (secondary N) is 1. The summed E-state index contributed by atoms with van der Waals surface area (Å²) < 4.78 is 5.80. The first-order chi connectivity index (χ1) is 15.5. The lowest BCUT2D eigenvalue weighted by molar-refractivity contribution is 0.0698. The molecule has 0 spiro atoms. The van der Waals surface area contributed by atoms with Crippen molar-refractivity contribution >= 4 is 34.2 Å². The molecule has 2 N–H and O–H groups in total. The second-order valence-corrected chi connectivity index (χ2v) is 9.37. The summed E-state index contributed by atoms with van der Waals surface area (Å²) in [7, 11) is 0. The van der Waals surface area contributed by atoms with Gasteiger partial charge in [-0.2, -0.15) is 0 Å². The predicted molar refractivity (Wildman–Crippen MR) is 127 cm³/mol. The largest absolute Gasteiger partial charge is 0.478 e. The Morgan fingerprint density at radius 1 is 1.19 bits per heavy atom. The molecule has 0 bridgehead atoms. The molecule has 1 saturated carbocycles. The molecule has 32 heavy (non-hydrogen) atoms. The van der Waals surface area contributed by atoms with Crippen LogP contribution in [0, 0.1) is 0 Å². The monoisotopic (exact) mass is 450 g/mol. The van der Waals surface area contributed by atoms with Crippen LogP contribution in [0.1, 0.15) is 77.7 Å². The number of benzene rings is 2. The van der Waals surface area contributed by atoms with Gasteiger partial charge in [0.05, 0.1) is 17.7 Å². The molecule has 2 aromatic carbocycles. The Morgan fingerprint density at radius 2 is 2.00 bits per heavy atom. The minimum atomic E-state index is -0.952. The molecule has 6 heteroatoms. The number of para-hydroxylation sites is 1. The van der Waals surface area contributed by atoms with Crippen LogP contribution in [-0.2, 0) is 4.74 Å². The molecular weight excluding hydrogens is 424 g/mol. The Kier molecular flexibility index (Phi) is 5.78. The third kappa shape index (κ3) is 4.19. The van der Waals surface area contributed by atoms with E-state index in [-0.39, 0.29) is 11.6 Å². The normalized spacial score (nSPS) is 19.6. The third-order valence-electron chi connectivity index (χ3n) is 6.55. The molecular formula is C26H27ClN2O3. The number of fused-ring (bicyclic) bond motifs is 1. The number of carboxylic acids is 1. The van der Waals surface area contributed by atoms with E-state index in [2.05, 4.69) is 11.4 Å². The van der Waals surface area contributed by atoms with Gasteiger partial charge < -0.3 is 15.2 Å². The van der Waals surface area contributed by atoms with E-state index in [1.165, 1.54) is 24.1 Å². The van der Waals surface area contributed by atoms with Crippen LogP contribution in [0.15, 0.2) is 42.5 Å². The van der Waals surface area contributed by atoms with Gasteiger partial charge in [0.15, 0.2) is 0 Å². The lowest BCUT2D eigenvalue weighted by atomic mass is 9.88. The highest BCUT2D eigenvalue weighted by Crippen LogP contribution is 2.45. The fourth-order valence-corrected chi connectivity index (χ4v) is 4.98. The Labute approximate surface area is 192 Å². The van der Waals surface area contributed by atoms with Gasteiger partial charge in [-0.05, 0) is 74.1 Å². The zero-order valence-electron chi connectivity index (χ0n) is 18.1. The second-order valence-electron chi connectivity index (χ2n) is 8.93. The van der Waals surface area contributed by atoms with Gasteiger partial charge in [-0.25, -0.2) is 4.79 Å². The van der Waals surface area contributed by atoms with Crippen molar-refractivity contribution in [1.82, 2.24) is 4.98 Å². The van der Waals surface area contributed by atoms with Crippen LogP contribution in [0.3, 0.4) is 0 Å². The molecule has 2 atom stereocenters. The van der Waals surface area contributed by atoms with E-state index in [1.807, 2.05) is 25.1 Å². The molecule has 2 fully saturated rings. The first-order valence-electron chi connectivity index (χ1n) is 11.3. The summed E-state index contributed by atoms with van der Waals surface area (Å²) in [5, 5.41) is 14.6. The highest BCUT2D eigenvalue weighted by atomic mass is 35.5. The fraction of sp³-hybridized carbons (Fsp3) is 0.385. The van der Waals surface area contributed by atoms with E-state index < -0.39 is 5.97 Å². The SMILES string of the molecule is C[C@@H](Nc1ccccc1C(=O)O)c1cc(Cl)cc2nc(C3CC3)c([C@@H]3CCCOC3)cc12. The van der Waals surface area contributed by atoms with E-state index in [1.54, 1.807) is 18.2 Å². The van der Waals surface area contributed by atoms with E-state index in [0.29, 0.717) is 22.5 Å². The second kappa shape index (κ2) is 8.72. The maximum atomic E-state index is 11.7. The fourth-order valence-electron chi connectivity index (χ4n) is 4.76. The quantitative estimate of drug-likeness (QED) is 0.446. The molecule has 1 aliphatic carbocycles. The van der Waals surface area contributed by atoms with Gasteiger partial charge in [0.1, 0.15) is 0 Å². The lowest BCUT2D eigenvalue weighted by Crippen LogP contribution is -2.18. The summed E-state index contributed by atoms with van der Waals surface area (Å²) in [6, 6.07) is 13.0. The number of halogens is 1. The van der Waals surface area contributed by atoms with E-state index in [9.17, 15) is 9.90 Å². The number of carboxylic acid groups (broad SMARTS) is 1. The number of aromatic nitrogens is 1. The molecule has 1 aromatic heterocycles. The van der Waals surface area contributed by atoms with E-state index >= 15 is 0 Å². The minimum Gasteiger partial charge on any atom is -0.478 e. The van der Waals surface area contributed by atoms with E-state index in [4.69, 9.17) is 21.3 Å². The number of anilines is 1. The molecule has 2 heterocycles. The van der Waals surface area contributed by atoms with Crippen LogP contribution in [0.4, 0.5) is 5.69 Å². The van der Waals surface area contributed by atoms with Crippen LogP contribution >= 0.6 is 11.6 Å². The van der Waals surface area contributed by atoms with Crippen LogP contribution < -0.4 is 5.32 Å². The molecule has 1 saturated heterocycles. The van der Waals surface area contributed by atoms with Gasteiger partial charge >= 0.3 is 5.97 Å². The molecule has 0 unspecified atom stereocenters. The Bertz CT molecular complexity index is 1170. The summed E-state index contributed by atoms with van der Waals surface area (Å²) >= 11 is 6.51. The van der Waals surface area contributed by atoms with Crippen LogP contribution in [0.25, 0.3) is 10.9 Å². The number of hydrogen-bond acceptors (Lipinski definition) is 4. The van der Waals surface area contributed by atoms with Gasteiger partial charge in [-0.15, -0.1) is 0 Å². The first kappa shape index (κ1) is 21.2. The molecule has 5 rings (SSSR count). The van der Waals surface area contributed by atoms with Crippen LogP contribution in [0.5, 0.6) is 0 Å². The van der Waals surface area contributed by atoms with Gasteiger partial charge in [0, 0.05) is 46.3 Å². The van der Waals surface area contributed by atoms with Crippen LogP contribution in [-0.4, -0.2) is 29.3 Å². The summed E-state index contributed by atoms with van der Waals surface area (Å²) in [5.41, 5.74) is 5.26. The third-order valence-corrected chi connectivity index (χ3v) is 6.77. The molecule has 0 radical (unpaired) electrons. The molecule has 2 aliphatic rings. The number of pyridine rings is 1. The lowest BCUT2D eigenvalue weighted by Gasteiger charge is -2.26. The van der Waals surface area contributed by atoms with Gasteiger partial charge in [-0.3, -0.25) is 4.98 Å². The highest BCUT2D eigenvalue weighted by molar-refractivity contribution is 6.31. The van der Waals surface area contributed by atoms with Crippen molar-refractivity contribution in [2.45, 2.75) is 50.5 Å². The molecule has 166 valence electrons. The Balaban J connectivity index is 1.59. The highest BCUT2D eigenvalue weighted by Gasteiger charge is 2.31. The Hall–Kier alpha value is -2.63. The average molecular weight is 451 g/mol. The van der Waals surface area contributed by atoms with Crippen molar-refractivity contribution in [2.24, 2.45) is 0 Å². The number of hydrogen-bond donors (Lipinski definition) is 2. The summed E-state index contributed by atoms with van der Waals surface area (Å²) in [6.07, 6.45) is 4.58. The van der Waals surface area contributed by atoms with Gasteiger partial charge in [0.25, 0.3) is 0 Å². The summed E-state index contributed by atoms with van der Waals surface area (Å²) in [4.78, 5) is 16.8. The molecule has 0 amide bonds. The maximum absolute atomic E-state index is 11.7. The van der Waals surface area contributed by atoms with Gasteiger partial charge in [0.2, 0.25) is 0 Å². The molecule has 1 aliphatic heterocycles. The van der Waals surface area contributed by atoms with Crippen molar-refractivity contribution in [1.29, 1.82) is 0 Å². The van der Waals surface area contributed by atoms with Crippen molar-refractivity contribution in [3.05, 3.63) is 69.9 Å². The number of carbonyl (C=O) groups is 1. The zero-order chi connectivity index (χ0) is 22.2. The average Bonchev–Trinajstić information content (AvgIpc) is 3.64. The van der Waals surface area contributed by atoms with Crippen molar-refractivity contribution in [3.63, 3.8) is 0 Å². The molecule has 3 aromatic rings.